The summed E-state index contributed by atoms with van der Waals surface area (Å²) >= 11 is 0. The number of benzene rings is 1. The van der Waals surface area contributed by atoms with Gasteiger partial charge in [-0.25, -0.2) is 0 Å². The van der Waals surface area contributed by atoms with Crippen molar-refractivity contribution in [3.63, 3.8) is 0 Å². The van der Waals surface area contributed by atoms with Crippen molar-refractivity contribution in [3.8, 4) is 0 Å². The minimum atomic E-state index is 0.280. The third-order valence-corrected chi connectivity index (χ3v) is 3.54. The summed E-state index contributed by atoms with van der Waals surface area (Å²) in [4.78, 5) is 14.5. The molecule has 0 N–H and O–H groups in total. The van der Waals surface area contributed by atoms with Crippen molar-refractivity contribution in [3.05, 3.63) is 35.4 Å². The first-order valence-electron chi connectivity index (χ1n) is 6.55. The van der Waals surface area contributed by atoms with Crippen LogP contribution in [0, 0.1) is 6.92 Å². The zero-order valence-electron chi connectivity index (χ0n) is 10.8. The van der Waals surface area contributed by atoms with Crippen LogP contribution in [0.15, 0.2) is 24.3 Å². The normalized spacial score (nSPS) is 15.2. The number of hydrogen-bond acceptors (Lipinski definition) is 2. The van der Waals surface area contributed by atoms with Crippen molar-refractivity contribution in [2.75, 3.05) is 13.1 Å². The quantitative estimate of drug-likeness (QED) is 0.701. The second-order valence-electron chi connectivity index (χ2n) is 4.85. The summed E-state index contributed by atoms with van der Waals surface area (Å²) in [6.45, 7) is 6.16. The van der Waals surface area contributed by atoms with Gasteiger partial charge in [-0.15, -0.1) is 0 Å². The van der Waals surface area contributed by atoms with E-state index in [0.717, 1.165) is 30.3 Å². The first-order chi connectivity index (χ1) is 8.22. The van der Waals surface area contributed by atoms with Gasteiger partial charge in [0, 0.05) is 24.6 Å². The molecule has 1 aliphatic carbocycles. The molecule has 0 heterocycles. The van der Waals surface area contributed by atoms with Crippen LogP contribution in [0.2, 0.25) is 0 Å². The summed E-state index contributed by atoms with van der Waals surface area (Å²) in [5.41, 5.74) is 1.98. The fourth-order valence-electron chi connectivity index (χ4n) is 2.30. The van der Waals surface area contributed by atoms with Gasteiger partial charge in [0.1, 0.15) is 0 Å². The molecular weight excluding hydrogens is 210 g/mol. The molecule has 0 radical (unpaired) electrons. The van der Waals surface area contributed by atoms with Gasteiger partial charge < -0.3 is 4.90 Å². The maximum absolute atomic E-state index is 12.1. The van der Waals surface area contributed by atoms with Crippen LogP contribution in [-0.2, 0) is 0 Å². The van der Waals surface area contributed by atoms with E-state index in [9.17, 15) is 4.79 Å². The molecule has 1 aromatic rings. The highest BCUT2D eigenvalue weighted by Crippen LogP contribution is 2.26. The molecule has 1 saturated carbocycles. The molecule has 0 aliphatic heterocycles. The van der Waals surface area contributed by atoms with E-state index in [1.165, 1.54) is 12.8 Å². The summed E-state index contributed by atoms with van der Waals surface area (Å²) in [6.07, 6.45) is 3.27. The average molecular weight is 231 g/mol. The third-order valence-electron chi connectivity index (χ3n) is 3.54. The van der Waals surface area contributed by atoms with E-state index in [1.54, 1.807) is 0 Å². The molecular formula is C15H21NO. The first kappa shape index (κ1) is 12.3. The van der Waals surface area contributed by atoms with Crippen LogP contribution < -0.4 is 0 Å². The van der Waals surface area contributed by atoms with Crippen molar-refractivity contribution >= 4 is 5.78 Å². The maximum Gasteiger partial charge on any atom is 0.164 e. The van der Waals surface area contributed by atoms with Crippen LogP contribution in [0.3, 0.4) is 0 Å². The lowest BCUT2D eigenvalue weighted by molar-refractivity contribution is 0.0963. The summed E-state index contributed by atoms with van der Waals surface area (Å²) in [7, 11) is 0. The highest BCUT2D eigenvalue weighted by Gasteiger charge is 2.27. The number of aryl methyl sites for hydroxylation is 1. The Labute approximate surface area is 104 Å². The van der Waals surface area contributed by atoms with Crippen LogP contribution in [0.5, 0.6) is 0 Å². The van der Waals surface area contributed by atoms with Crippen LogP contribution in [0.1, 0.15) is 42.1 Å². The molecule has 17 heavy (non-hydrogen) atoms. The molecule has 2 nitrogen and oxygen atoms in total. The van der Waals surface area contributed by atoms with Crippen molar-refractivity contribution in [2.45, 2.75) is 39.2 Å². The molecule has 0 spiro atoms. The van der Waals surface area contributed by atoms with Gasteiger partial charge in [-0.3, -0.25) is 4.79 Å². The van der Waals surface area contributed by atoms with Crippen LogP contribution in [0.25, 0.3) is 0 Å². The van der Waals surface area contributed by atoms with Gasteiger partial charge in [-0.1, -0.05) is 31.2 Å². The van der Waals surface area contributed by atoms with E-state index < -0.39 is 0 Å². The average Bonchev–Trinajstić information content (AvgIpc) is 3.14. The number of nitrogens with zero attached hydrogens (tertiary/aromatic N) is 1. The second-order valence-corrected chi connectivity index (χ2v) is 4.85. The number of ketones is 1. The zero-order chi connectivity index (χ0) is 12.3. The lowest BCUT2D eigenvalue weighted by atomic mass is 10.0. The Morgan fingerprint density at radius 3 is 2.65 bits per heavy atom. The monoisotopic (exact) mass is 231 g/mol. The summed E-state index contributed by atoms with van der Waals surface area (Å²) in [5.74, 6) is 0.280. The van der Waals surface area contributed by atoms with E-state index in [-0.39, 0.29) is 5.78 Å². The number of carbonyl (C=O) groups is 1. The highest BCUT2D eigenvalue weighted by molar-refractivity contribution is 5.97. The molecule has 1 aliphatic rings. The minimum Gasteiger partial charge on any atom is -0.300 e. The lowest BCUT2D eigenvalue weighted by Crippen LogP contribution is -2.28. The molecule has 92 valence electrons. The highest BCUT2D eigenvalue weighted by atomic mass is 16.1. The molecule has 0 saturated heterocycles. The predicted molar refractivity (Wildman–Crippen MR) is 70.4 cm³/mol. The topological polar surface area (TPSA) is 20.3 Å². The van der Waals surface area contributed by atoms with Gasteiger partial charge in [-0.2, -0.15) is 0 Å². The maximum atomic E-state index is 12.1. The summed E-state index contributed by atoms with van der Waals surface area (Å²) < 4.78 is 0. The zero-order valence-corrected chi connectivity index (χ0v) is 10.8. The Bertz CT molecular complexity index is 396. The van der Waals surface area contributed by atoms with E-state index in [4.69, 9.17) is 0 Å². The van der Waals surface area contributed by atoms with E-state index in [0.29, 0.717) is 6.42 Å². The molecule has 1 fully saturated rings. The predicted octanol–water partition coefficient (Wildman–Crippen LogP) is 3.05. The largest absolute Gasteiger partial charge is 0.300 e. The second kappa shape index (κ2) is 5.46. The number of carbonyl (C=O) groups excluding carboxylic acids is 1. The third kappa shape index (κ3) is 3.16. The fourth-order valence-corrected chi connectivity index (χ4v) is 2.30. The van der Waals surface area contributed by atoms with Gasteiger partial charge in [0.2, 0.25) is 0 Å². The Balaban J connectivity index is 1.90. The Hall–Kier alpha value is -1.15. The van der Waals surface area contributed by atoms with Crippen molar-refractivity contribution in [2.24, 2.45) is 0 Å². The fraction of sp³-hybridized carbons (Fsp3) is 0.533. The van der Waals surface area contributed by atoms with Crippen molar-refractivity contribution in [1.29, 1.82) is 0 Å². The van der Waals surface area contributed by atoms with Crippen LogP contribution >= 0.6 is 0 Å². The van der Waals surface area contributed by atoms with Crippen molar-refractivity contribution in [1.82, 2.24) is 4.90 Å². The lowest BCUT2D eigenvalue weighted by Gasteiger charge is -2.19. The molecule has 0 atom stereocenters. The minimum absolute atomic E-state index is 0.280. The van der Waals surface area contributed by atoms with Gasteiger partial charge in [-0.05, 0) is 31.9 Å². The standard InChI is InChI=1S/C15H21NO/c1-3-16(13-8-9-13)11-10-15(17)14-7-5-4-6-12(14)2/h4-7,13H,3,8-11H2,1-2H3. The number of Topliss-reactive ketones (excluding diaryl/α,β-unsaturated/α-hetero) is 1. The van der Waals surface area contributed by atoms with Gasteiger partial charge in [0.15, 0.2) is 5.78 Å². The summed E-state index contributed by atoms with van der Waals surface area (Å²) in [6, 6.07) is 8.62. The van der Waals surface area contributed by atoms with Gasteiger partial charge in [0.05, 0.1) is 0 Å². The Morgan fingerprint density at radius 2 is 2.06 bits per heavy atom. The Morgan fingerprint density at radius 1 is 1.35 bits per heavy atom. The number of hydrogen-bond donors (Lipinski definition) is 0. The molecule has 2 rings (SSSR count). The molecule has 0 bridgehead atoms. The van der Waals surface area contributed by atoms with Gasteiger partial charge >= 0.3 is 0 Å². The molecule has 0 unspecified atom stereocenters. The van der Waals surface area contributed by atoms with E-state index in [2.05, 4.69) is 11.8 Å². The van der Waals surface area contributed by atoms with Crippen LogP contribution in [-0.4, -0.2) is 29.8 Å². The molecule has 2 heteroatoms. The molecule has 0 aromatic heterocycles. The van der Waals surface area contributed by atoms with E-state index >= 15 is 0 Å². The number of rotatable bonds is 6. The first-order valence-corrected chi connectivity index (χ1v) is 6.55. The van der Waals surface area contributed by atoms with E-state index in [1.807, 2.05) is 31.2 Å². The van der Waals surface area contributed by atoms with Crippen LogP contribution in [0.4, 0.5) is 0 Å². The summed E-state index contributed by atoms with van der Waals surface area (Å²) in [5, 5.41) is 0. The smallest absolute Gasteiger partial charge is 0.164 e. The SMILES string of the molecule is CCN(CCC(=O)c1ccccc1C)C1CC1. The molecule has 0 amide bonds. The molecule has 1 aromatic carbocycles. The van der Waals surface area contributed by atoms with Crippen molar-refractivity contribution < 1.29 is 4.79 Å². The van der Waals surface area contributed by atoms with Gasteiger partial charge in [0.25, 0.3) is 0 Å². The Kier molecular flexibility index (Phi) is 3.95.